The quantitative estimate of drug-likeness (QED) is 0.619. The summed E-state index contributed by atoms with van der Waals surface area (Å²) in [6.07, 6.45) is 4.24. The van der Waals surface area contributed by atoms with Crippen LogP contribution >= 0.6 is 15.9 Å². The molecule has 2 nitrogen and oxygen atoms in total. The van der Waals surface area contributed by atoms with Crippen LogP contribution in [0.15, 0.2) is 18.2 Å². The molecule has 0 saturated heterocycles. The van der Waals surface area contributed by atoms with Crippen LogP contribution in [0.5, 0.6) is 5.75 Å². The third kappa shape index (κ3) is 4.49. The number of rotatable bonds is 8. The smallest absolute Gasteiger partial charge is 0.166 e. The summed E-state index contributed by atoms with van der Waals surface area (Å²) < 4.78 is 19.5. The minimum absolute atomic E-state index is 0.0455. The monoisotopic (exact) mass is 341 g/mol. The molecule has 0 aliphatic carbocycles. The van der Waals surface area contributed by atoms with Crippen LogP contribution in [-0.2, 0) is 0 Å². The Kier molecular flexibility index (Phi) is 7.01. The summed E-state index contributed by atoms with van der Waals surface area (Å²) in [5.74, 6) is -0.248. The molecular weight excluding hydrogens is 321 g/mol. The molecule has 0 saturated carbocycles. The molecule has 1 aromatic rings. The lowest BCUT2D eigenvalue weighted by Gasteiger charge is -2.31. The number of ether oxygens (including phenoxy) is 1. The summed E-state index contributed by atoms with van der Waals surface area (Å²) in [7, 11) is 0. The van der Waals surface area contributed by atoms with Crippen LogP contribution in [0.25, 0.3) is 0 Å². The highest BCUT2D eigenvalue weighted by atomic mass is 79.9. The van der Waals surface area contributed by atoms with E-state index in [1.54, 1.807) is 6.07 Å². The zero-order valence-electron chi connectivity index (χ0n) is 12.1. The molecule has 0 aliphatic heterocycles. The van der Waals surface area contributed by atoms with Crippen molar-refractivity contribution in [3.8, 4) is 11.8 Å². The van der Waals surface area contributed by atoms with Crippen LogP contribution < -0.4 is 4.74 Å². The minimum atomic E-state index is -0.472. The second-order valence-electron chi connectivity index (χ2n) is 5.18. The predicted molar refractivity (Wildman–Crippen MR) is 82.7 cm³/mol. The Morgan fingerprint density at radius 3 is 2.40 bits per heavy atom. The average Bonchev–Trinajstić information content (AvgIpc) is 2.46. The molecule has 0 aliphatic rings. The van der Waals surface area contributed by atoms with Gasteiger partial charge in [-0.25, -0.2) is 4.39 Å². The third-order valence-electron chi connectivity index (χ3n) is 3.44. The standard InChI is InChI=1S/C16H21BrFNO/c1-3-7-16(11-17,8-4-2)12-20-15-6-5-13(10-19)9-14(15)18/h5-6,9H,3-4,7-8,11-12H2,1-2H3. The molecule has 0 bridgehead atoms. The Hall–Kier alpha value is -1.08. The van der Waals surface area contributed by atoms with Gasteiger partial charge in [-0.1, -0.05) is 42.6 Å². The molecule has 0 aromatic heterocycles. The second kappa shape index (κ2) is 8.26. The number of alkyl halides is 1. The Morgan fingerprint density at radius 2 is 1.95 bits per heavy atom. The first-order valence-electron chi connectivity index (χ1n) is 6.99. The molecule has 1 rings (SSSR count). The molecule has 0 unspecified atom stereocenters. The fraction of sp³-hybridized carbons (Fsp3) is 0.562. The van der Waals surface area contributed by atoms with Crippen molar-refractivity contribution >= 4 is 15.9 Å². The largest absolute Gasteiger partial charge is 0.490 e. The Morgan fingerprint density at radius 1 is 1.30 bits per heavy atom. The van der Waals surface area contributed by atoms with Crippen molar-refractivity contribution in [2.24, 2.45) is 5.41 Å². The van der Waals surface area contributed by atoms with Gasteiger partial charge < -0.3 is 4.74 Å². The first kappa shape index (κ1) is 17.0. The first-order chi connectivity index (χ1) is 9.60. The van der Waals surface area contributed by atoms with Gasteiger partial charge in [-0.3, -0.25) is 0 Å². The summed E-state index contributed by atoms with van der Waals surface area (Å²) in [5.41, 5.74) is 0.354. The molecule has 0 heterocycles. The van der Waals surface area contributed by atoms with Crippen LogP contribution in [0.1, 0.15) is 45.1 Å². The molecule has 0 N–H and O–H groups in total. The molecule has 0 radical (unpaired) electrons. The maximum atomic E-state index is 13.8. The van der Waals surface area contributed by atoms with E-state index in [1.165, 1.54) is 12.1 Å². The van der Waals surface area contributed by atoms with Crippen molar-refractivity contribution in [1.82, 2.24) is 0 Å². The molecule has 1 aromatic carbocycles. The van der Waals surface area contributed by atoms with Crippen molar-refractivity contribution in [3.63, 3.8) is 0 Å². The zero-order valence-corrected chi connectivity index (χ0v) is 13.7. The highest BCUT2D eigenvalue weighted by molar-refractivity contribution is 9.09. The van der Waals surface area contributed by atoms with E-state index in [0.29, 0.717) is 12.2 Å². The molecule has 20 heavy (non-hydrogen) atoms. The highest BCUT2D eigenvalue weighted by Crippen LogP contribution is 2.33. The lowest BCUT2D eigenvalue weighted by molar-refractivity contribution is 0.140. The van der Waals surface area contributed by atoms with Gasteiger partial charge in [0.15, 0.2) is 11.6 Å². The van der Waals surface area contributed by atoms with Gasteiger partial charge >= 0.3 is 0 Å². The number of nitriles is 1. The van der Waals surface area contributed by atoms with Gasteiger partial charge in [0.05, 0.1) is 18.2 Å². The van der Waals surface area contributed by atoms with Gasteiger partial charge in [-0.2, -0.15) is 5.26 Å². The van der Waals surface area contributed by atoms with E-state index in [0.717, 1.165) is 31.0 Å². The van der Waals surface area contributed by atoms with Crippen LogP contribution in [-0.4, -0.2) is 11.9 Å². The van der Waals surface area contributed by atoms with Crippen LogP contribution in [0.4, 0.5) is 4.39 Å². The summed E-state index contributed by atoms with van der Waals surface area (Å²) >= 11 is 3.57. The SMILES string of the molecule is CCCC(CBr)(CCC)COc1ccc(C#N)cc1F. The van der Waals surface area contributed by atoms with Gasteiger partial charge in [-0.15, -0.1) is 0 Å². The third-order valence-corrected chi connectivity index (χ3v) is 4.63. The van der Waals surface area contributed by atoms with Crippen molar-refractivity contribution < 1.29 is 9.13 Å². The van der Waals surface area contributed by atoms with Gasteiger partial charge in [0.1, 0.15) is 0 Å². The van der Waals surface area contributed by atoms with Gasteiger partial charge in [0.2, 0.25) is 0 Å². The van der Waals surface area contributed by atoms with E-state index >= 15 is 0 Å². The van der Waals surface area contributed by atoms with E-state index in [4.69, 9.17) is 10.00 Å². The number of hydrogen-bond donors (Lipinski definition) is 0. The Labute approximate surface area is 129 Å². The van der Waals surface area contributed by atoms with Crippen LogP contribution in [0.2, 0.25) is 0 Å². The van der Waals surface area contributed by atoms with Crippen molar-refractivity contribution in [2.75, 3.05) is 11.9 Å². The fourth-order valence-electron chi connectivity index (χ4n) is 2.42. The number of benzene rings is 1. The highest BCUT2D eigenvalue weighted by Gasteiger charge is 2.28. The molecule has 4 heteroatoms. The number of hydrogen-bond acceptors (Lipinski definition) is 2. The summed E-state index contributed by atoms with van der Waals surface area (Å²) in [4.78, 5) is 0. The van der Waals surface area contributed by atoms with Crippen molar-refractivity contribution in [3.05, 3.63) is 29.6 Å². The number of halogens is 2. The Balaban J connectivity index is 2.79. The fourth-order valence-corrected chi connectivity index (χ4v) is 3.14. The minimum Gasteiger partial charge on any atom is -0.490 e. The molecule has 0 amide bonds. The number of nitrogens with zero attached hydrogens (tertiary/aromatic N) is 1. The topological polar surface area (TPSA) is 33.0 Å². The van der Waals surface area contributed by atoms with Crippen molar-refractivity contribution in [1.29, 1.82) is 5.26 Å². The lowest BCUT2D eigenvalue weighted by atomic mass is 9.82. The summed E-state index contributed by atoms with van der Waals surface area (Å²) in [6.45, 7) is 4.79. The summed E-state index contributed by atoms with van der Waals surface area (Å²) in [5, 5.41) is 9.57. The maximum absolute atomic E-state index is 13.8. The molecule has 110 valence electrons. The molecule has 0 atom stereocenters. The average molecular weight is 342 g/mol. The van der Waals surface area contributed by atoms with Crippen LogP contribution in [0, 0.1) is 22.6 Å². The van der Waals surface area contributed by atoms with E-state index in [9.17, 15) is 4.39 Å². The molecular formula is C16H21BrFNO. The second-order valence-corrected chi connectivity index (χ2v) is 5.74. The van der Waals surface area contributed by atoms with E-state index in [-0.39, 0.29) is 11.2 Å². The van der Waals surface area contributed by atoms with Gasteiger partial charge in [-0.05, 0) is 31.0 Å². The van der Waals surface area contributed by atoms with E-state index < -0.39 is 5.82 Å². The molecule has 0 spiro atoms. The zero-order chi connectivity index (χ0) is 15.0. The van der Waals surface area contributed by atoms with Crippen LogP contribution in [0.3, 0.4) is 0 Å². The van der Waals surface area contributed by atoms with E-state index in [2.05, 4.69) is 29.8 Å². The van der Waals surface area contributed by atoms with E-state index in [1.807, 2.05) is 6.07 Å². The predicted octanol–water partition coefficient (Wildman–Crippen LogP) is 5.06. The normalized spacial score (nSPS) is 11.2. The summed E-state index contributed by atoms with van der Waals surface area (Å²) in [6, 6.07) is 6.24. The molecule has 0 fully saturated rings. The van der Waals surface area contributed by atoms with Gasteiger partial charge in [0, 0.05) is 10.7 Å². The van der Waals surface area contributed by atoms with Crippen molar-refractivity contribution in [2.45, 2.75) is 39.5 Å². The lowest BCUT2D eigenvalue weighted by Crippen LogP contribution is -2.30. The maximum Gasteiger partial charge on any atom is 0.166 e. The Bertz CT molecular complexity index is 464. The first-order valence-corrected chi connectivity index (χ1v) is 8.11. The van der Waals surface area contributed by atoms with Gasteiger partial charge in [0.25, 0.3) is 0 Å².